The second-order valence-corrected chi connectivity index (χ2v) is 6.17. The van der Waals surface area contributed by atoms with Crippen LogP contribution in [0.2, 0.25) is 0 Å². The highest BCUT2D eigenvalue weighted by Gasteiger charge is 2.21. The maximum Gasteiger partial charge on any atom is 0.0701 e. The first-order chi connectivity index (χ1) is 9.17. The standard InChI is InChI=1S/C14H18BrN3S/c1-4-12-10(8-9(3)17-18-12)13(16-5-2)14-11(15)6-7-19-14/h6-8,13,16H,4-5H2,1-3H3. The van der Waals surface area contributed by atoms with Gasteiger partial charge in [0.15, 0.2) is 0 Å². The smallest absolute Gasteiger partial charge is 0.0701 e. The predicted octanol–water partition coefficient (Wildman–Crippen LogP) is 3.87. The molecule has 0 saturated heterocycles. The number of thiophene rings is 1. The molecule has 19 heavy (non-hydrogen) atoms. The Morgan fingerprint density at radius 2 is 2.16 bits per heavy atom. The Labute approximate surface area is 126 Å². The Balaban J connectivity index is 2.50. The van der Waals surface area contributed by atoms with E-state index in [0.717, 1.165) is 28.8 Å². The van der Waals surface area contributed by atoms with Crippen LogP contribution in [-0.4, -0.2) is 16.7 Å². The minimum atomic E-state index is 0.184. The van der Waals surface area contributed by atoms with Gasteiger partial charge in [-0.05, 0) is 58.9 Å². The zero-order valence-electron chi connectivity index (χ0n) is 11.4. The summed E-state index contributed by atoms with van der Waals surface area (Å²) < 4.78 is 1.15. The average molecular weight is 340 g/mol. The lowest BCUT2D eigenvalue weighted by Gasteiger charge is -2.20. The Kier molecular flexibility index (Phi) is 5.07. The van der Waals surface area contributed by atoms with Crippen LogP contribution in [0.15, 0.2) is 22.0 Å². The molecule has 0 saturated carbocycles. The third-order valence-electron chi connectivity index (χ3n) is 2.99. The highest BCUT2D eigenvalue weighted by atomic mass is 79.9. The van der Waals surface area contributed by atoms with E-state index in [9.17, 15) is 0 Å². The fourth-order valence-corrected chi connectivity index (χ4v) is 3.81. The quantitative estimate of drug-likeness (QED) is 0.898. The number of aryl methyl sites for hydroxylation is 2. The summed E-state index contributed by atoms with van der Waals surface area (Å²) in [4.78, 5) is 1.30. The third-order valence-corrected chi connectivity index (χ3v) is 4.92. The molecule has 2 aromatic rings. The van der Waals surface area contributed by atoms with Crippen LogP contribution in [-0.2, 0) is 6.42 Å². The summed E-state index contributed by atoms with van der Waals surface area (Å²) in [6.45, 7) is 7.15. The Morgan fingerprint density at radius 3 is 2.74 bits per heavy atom. The second kappa shape index (κ2) is 6.59. The summed E-state index contributed by atoms with van der Waals surface area (Å²) in [7, 11) is 0. The van der Waals surface area contributed by atoms with Gasteiger partial charge < -0.3 is 5.32 Å². The van der Waals surface area contributed by atoms with E-state index in [-0.39, 0.29) is 6.04 Å². The van der Waals surface area contributed by atoms with Crippen molar-refractivity contribution in [1.82, 2.24) is 15.5 Å². The molecule has 1 N–H and O–H groups in total. The van der Waals surface area contributed by atoms with Crippen LogP contribution in [0.25, 0.3) is 0 Å². The van der Waals surface area contributed by atoms with Crippen molar-refractivity contribution in [3.63, 3.8) is 0 Å². The Bertz CT molecular complexity index is 553. The maximum atomic E-state index is 4.34. The summed E-state index contributed by atoms with van der Waals surface area (Å²) >= 11 is 5.39. The van der Waals surface area contributed by atoms with Crippen molar-refractivity contribution in [2.24, 2.45) is 0 Å². The number of halogens is 1. The van der Waals surface area contributed by atoms with Gasteiger partial charge in [-0.1, -0.05) is 13.8 Å². The SMILES string of the molecule is CCNC(c1cc(C)nnc1CC)c1sccc1Br. The van der Waals surface area contributed by atoms with E-state index in [1.807, 2.05) is 6.92 Å². The Hall–Kier alpha value is -0.780. The lowest BCUT2D eigenvalue weighted by Crippen LogP contribution is -2.23. The number of hydrogen-bond acceptors (Lipinski definition) is 4. The van der Waals surface area contributed by atoms with Crippen LogP contribution in [0.5, 0.6) is 0 Å². The van der Waals surface area contributed by atoms with Crippen LogP contribution >= 0.6 is 27.3 Å². The first kappa shape index (κ1) is 14.6. The molecule has 2 rings (SSSR count). The van der Waals surface area contributed by atoms with Crippen molar-refractivity contribution < 1.29 is 0 Å². The van der Waals surface area contributed by atoms with Crippen molar-refractivity contribution in [2.45, 2.75) is 33.2 Å². The molecule has 102 valence electrons. The van der Waals surface area contributed by atoms with E-state index in [2.05, 4.69) is 62.8 Å². The fourth-order valence-electron chi connectivity index (χ4n) is 2.12. The number of nitrogens with one attached hydrogen (secondary N) is 1. The molecule has 0 radical (unpaired) electrons. The van der Waals surface area contributed by atoms with Gasteiger partial charge in [0.1, 0.15) is 0 Å². The molecule has 0 amide bonds. The summed E-state index contributed by atoms with van der Waals surface area (Å²) in [6, 6.07) is 4.42. The van der Waals surface area contributed by atoms with Crippen molar-refractivity contribution in [3.05, 3.63) is 43.8 Å². The van der Waals surface area contributed by atoms with Gasteiger partial charge in [-0.2, -0.15) is 10.2 Å². The lowest BCUT2D eigenvalue weighted by molar-refractivity contribution is 0.623. The van der Waals surface area contributed by atoms with Gasteiger partial charge in [0, 0.05) is 9.35 Å². The minimum absolute atomic E-state index is 0.184. The lowest BCUT2D eigenvalue weighted by atomic mass is 10.0. The van der Waals surface area contributed by atoms with Crippen molar-refractivity contribution in [2.75, 3.05) is 6.54 Å². The maximum absolute atomic E-state index is 4.34. The molecule has 0 aliphatic carbocycles. The van der Waals surface area contributed by atoms with Crippen molar-refractivity contribution in [3.8, 4) is 0 Å². The van der Waals surface area contributed by atoms with Gasteiger partial charge in [-0.15, -0.1) is 11.3 Å². The molecule has 1 unspecified atom stereocenters. The molecule has 5 heteroatoms. The van der Waals surface area contributed by atoms with Crippen LogP contribution < -0.4 is 5.32 Å². The number of hydrogen-bond donors (Lipinski definition) is 1. The second-order valence-electron chi connectivity index (χ2n) is 4.36. The Morgan fingerprint density at radius 1 is 1.37 bits per heavy atom. The monoisotopic (exact) mass is 339 g/mol. The van der Waals surface area contributed by atoms with Crippen molar-refractivity contribution >= 4 is 27.3 Å². The molecule has 0 bridgehead atoms. The van der Waals surface area contributed by atoms with Gasteiger partial charge in [0.05, 0.1) is 17.4 Å². The molecule has 1 atom stereocenters. The minimum Gasteiger partial charge on any atom is -0.306 e. The van der Waals surface area contributed by atoms with Gasteiger partial charge in [-0.3, -0.25) is 0 Å². The van der Waals surface area contributed by atoms with Gasteiger partial charge in [-0.25, -0.2) is 0 Å². The summed E-state index contributed by atoms with van der Waals surface area (Å²) in [5, 5.41) is 14.2. The number of rotatable bonds is 5. The van der Waals surface area contributed by atoms with E-state index in [0.29, 0.717) is 0 Å². The molecule has 0 aliphatic heterocycles. The summed E-state index contributed by atoms with van der Waals surface area (Å²) in [5.41, 5.74) is 3.26. The van der Waals surface area contributed by atoms with Crippen LogP contribution in [0.1, 0.15) is 41.7 Å². The molecular formula is C14H18BrN3S. The van der Waals surface area contributed by atoms with Crippen molar-refractivity contribution in [1.29, 1.82) is 0 Å². The normalized spacial score (nSPS) is 12.6. The zero-order valence-corrected chi connectivity index (χ0v) is 13.8. The van der Waals surface area contributed by atoms with E-state index >= 15 is 0 Å². The first-order valence-electron chi connectivity index (χ1n) is 6.46. The largest absolute Gasteiger partial charge is 0.306 e. The fraction of sp³-hybridized carbons (Fsp3) is 0.429. The molecule has 0 aliphatic rings. The van der Waals surface area contributed by atoms with Gasteiger partial charge in [0.2, 0.25) is 0 Å². The van der Waals surface area contributed by atoms with Crippen LogP contribution in [0, 0.1) is 6.92 Å². The molecule has 0 aromatic carbocycles. The van der Waals surface area contributed by atoms with E-state index in [1.165, 1.54) is 10.4 Å². The molecule has 0 spiro atoms. The van der Waals surface area contributed by atoms with E-state index < -0.39 is 0 Å². The molecule has 3 nitrogen and oxygen atoms in total. The summed E-state index contributed by atoms with van der Waals surface area (Å²) in [5.74, 6) is 0. The topological polar surface area (TPSA) is 37.8 Å². The molecule has 2 heterocycles. The molecular weight excluding hydrogens is 322 g/mol. The predicted molar refractivity (Wildman–Crippen MR) is 83.7 cm³/mol. The molecule has 0 fully saturated rings. The molecule has 2 aromatic heterocycles. The highest BCUT2D eigenvalue weighted by molar-refractivity contribution is 9.10. The summed E-state index contributed by atoms with van der Waals surface area (Å²) in [6.07, 6.45) is 0.896. The average Bonchev–Trinajstić information content (AvgIpc) is 2.82. The number of aromatic nitrogens is 2. The highest BCUT2D eigenvalue weighted by Crippen LogP contribution is 2.34. The van der Waals surface area contributed by atoms with Crippen LogP contribution in [0.3, 0.4) is 0 Å². The van der Waals surface area contributed by atoms with Gasteiger partial charge >= 0.3 is 0 Å². The van der Waals surface area contributed by atoms with E-state index in [1.54, 1.807) is 11.3 Å². The third kappa shape index (κ3) is 3.22. The first-order valence-corrected chi connectivity index (χ1v) is 8.14. The number of nitrogens with zero attached hydrogens (tertiary/aromatic N) is 2. The van der Waals surface area contributed by atoms with Gasteiger partial charge in [0.25, 0.3) is 0 Å². The zero-order chi connectivity index (χ0) is 13.8. The van der Waals surface area contributed by atoms with E-state index in [4.69, 9.17) is 0 Å². The van der Waals surface area contributed by atoms with Crippen LogP contribution in [0.4, 0.5) is 0 Å².